The van der Waals surface area contributed by atoms with Crippen LogP contribution >= 0.6 is 27.5 Å². The number of hydrogen-bond acceptors (Lipinski definition) is 3. The van der Waals surface area contributed by atoms with E-state index in [0.29, 0.717) is 10.9 Å². The van der Waals surface area contributed by atoms with E-state index >= 15 is 0 Å². The van der Waals surface area contributed by atoms with E-state index in [9.17, 15) is 13.5 Å². The van der Waals surface area contributed by atoms with Gasteiger partial charge in [-0.1, -0.05) is 34.5 Å². The predicted molar refractivity (Wildman–Crippen MR) is 70.6 cm³/mol. The normalized spacial score (nSPS) is 13.6. The topological polar surface area (TPSA) is 66.4 Å². The molecule has 0 fully saturated rings. The first-order chi connectivity index (χ1) is 7.86. The van der Waals surface area contributed by atoms with Gasteiger partial charge in [-0.15, -0.1) is 0 Å². The Morgan fingerprint density at radius 1 is 1.53 bits per heavy atom. The molecular weight excluding hydrogens is 330 g/mol. The van der Waals surface area contributed by atoms with Crippen molar-refractivity contribution >= 4 is 37.6 Å². The van der Waals surface area contributed by atoms with Crippen LogP contribution in [0.5, 0.6) is 0 Å². The van der Waals surface area contributed by atoms with E-state index < -0.39 is 16.1 Å². The van der Waals surface area contributed by atoms with Gasteiger partial charge in [-0.2, -0.15) is 0 Å². The van der Waals surface area contributed by atoms with Crippen molar-refractivity contribution in [2.75, 3.05) is 6.54 Å². The average Bonchev–Trinajstić information content (AvgIpc) is 2.25. The molecule has 0 bridgehead atoms. The Hall–Kier alpha value is -0.140. The maximum atomic E-state index is 11.9. The van der Waals surface area contributed by atoms with Crippen LogP contribution in [0.3, 0.4) is 0 Å². The second kappa shape index (κ2) is 6.15. The standard InChI is InChI=1S/C10H13BrClNO3S/c1-2-8(14)6-13-17(15,16)10-4-3-7(11)5-9(10)12/h3-5,8,13-14H,2,6H2,1H3. The number of aliphatic hydroxyl groups excluding tert-OH is 1. The van der Waals surface area contributed by atoms with E-state index in [-0.39, 0.29) is 16.5 Å². The van der Waals surface area contributed by atoms with Crippen LogP contribution < -0.4 is 4.72 Å². The molecule has 2 N–H and O–H groups in total. The van der Waals surface area contributed by atoms with E-state index in [2.05, 4.69) is 20.7 Å². The fraction of sp³-hybridized carbons (Fsp3) is 0.400. The molecule has 0 aliphatic carbocycles. The van der Waals surface area contributed by atoms with Crippen molar-refractivity contribution in [2.24, 2.45) is 0 Å². The molecule has 0 aromatic heterocycles. The highest BCUT2D eigenvalue weighted by Crippen LogP contribution is 2.24. The number of aliphatic hydroxyl groups is 1. The molecule has 1 aromatic rings. The molecule has 0 saturated carbocycles. The van der Waals surface area contributed by atoms with Crippen LogP contribution in [0, 0.1) is 0 Å². The molecule has 0 heterocycles. The second-order valence-corrected chi connectivity index (χ2v) is 6.55. The molecule has 0 saturated heterocycles. The maximum absolute atomic E-state index is 11.9. The second-order valence-electron chi connectivity index (χ2n) is 3.49. The molecule has 1 unspecified atom stereocenters. The Balaban J connectivity index is 2.90. The molecule has 1 atom stereocenters. The third kappa shape index (κ3) is 4.22. The SMILES string of the molecule is CCC(O)CNS(=O)(=O)c1ccc(Br)cc1Cl. The predicted octanol–water partition coefficient (Wildman–Crippen LogP) is 2.15. The Bertz CT molecular complexity index is 492. The molecule has 96 valence electrons. The van der Waals surface area contributed by atoms with E-state index in [1.54, 1.807) is 13.0 Å². The van der Waals surface area contributed by atoms with Gasteiger partial charge in [0.05, 0.1) is 11.1 Å². The lowest BCUT2D eigenvalue weighted by Gasteiger charge is -2.11. The summed E-state index contributed by atoms with van der Waals surface area (Å²) in [5.74, 6) is 0. The van der Waals surface area contributed by atoms with Gasteiger partial charge < -0.3 is 5.11 Å². The Morgan fingerprint density at radius 2 is 2.18 bits per heavy atom. The molecular formula is C10H13BrClNO3S. The molecule has 1 aromatic carbocycles. The number of rotatable bonds is 5. The number of nitrogens with one attached hydrogen (secondary N) is 1. The zero-order valence-corrected chi connectivity index (χ0v) is 12.3. The van der Waals surface area contributed by atoms with Crippen molar-refractivity contribution in [3.8, 4) is 0 Å². The average molecular weight is 343 g/mol. The fourth-order valence-electron chi connectivity index (χ4n) is 1.12. The Kier molecular flexibility index (Phi) is 5.40. The van der Waals surface area contributed by atoms with Crippen LogP contribution in [0.4, 0.5) is 0 Å². The fourth-order valence-corrected chi connectivity index (χ4v) is 3.23. The number of sulfonamides is 1. The van der Waals surface area contributed by atoms with Crippen molar-refractivity contribution in [3.05, 3.63) is 27.7 Å². The van der Waals surface area contributed by atoms with Crippen molar-refractivity contribution in [2.45, 2.75) is 24.3 Å². The summed E-state index contributed by atoms with van der Waals surface area (Å²) in [4.78, 5) is 0.00525. The van der Waals surface area contributed by atoms with Crippen molar-refractivity contribution in [1.29, 1.82) is 0 Å². The van der Waals surface area contributed by atoms with Gasteiger partial charge in [0.2, 0.25) is 10.0 Å². The van der Waals surface area contributed by atoms with Crippen molar-refractivity contribution in [1.82, 2.24) is 4.72 Å². The molecule has 0 aliphatic heterocycles. The Labute approximate surface area is 114 Å². The number of benzene rings is 1. The largest absolute Gasteiger partial charge is 0.392 e. The lowest BCUT2D eigenvalue weighted by atomic mass is 10.3. The molecule has 1 rings (SSSR count). The minimum absolute atomic E-state index is 0.00525. The molecule has 7 heteroatoms. The van der Waals surface area contributed by atoms with E-state index in [4.69, 9.17) is 11.6 Å². The van der Waals surface area contributed by atoms with Gasteiger partial charge in [0, 0.05) is 11.0 Å². The first kappa shape index (κ1) is 14.9. The van der Waals surface area contributed by atoms with Crippen LogP contribution in [0.15, 0.2) is 27.6 Å². The van der Waals surface area contributed by atoms with Crippen molar-refractivity contribution in [3.63, 3.8) is 0 Å². The smallest absolute Gasteiger partial charge is 0.242 e. The van der Waals surface area contributed by atoms with Gasteiger partial charge in [0.25, 0.3) is 0 Å². The highest BCUT2D eigenvalue weighted by atomic mass is 79.9. The van der Waals surface area contributed by atoms with E-state index in [0.717, 1.165) is 0 Å². The summed E-state index contributed by atoms with van der Waals surface area (Å²) in [7, 11) is -3.68. The minimum atomic E-state index is -3.68. The highest BCUT2D eigenvalue weighted by molar-refractivity contribution is 9.10. The lowest BCUT2D eigenvalue weighted by molar-refractivity contribution is 0.174. The molecule has 0 amide bonds. The lowest BCUT2D eigenvalue weighted by Crippen LogP contribution is -2.31. The molecule has 0 spiro atoms. The number of halogens is 2. The van der Waals surface area contributed by atoms with Gasteiger partial charge in [-0.3, -0.25) is 0 Å². The summed E-state index contributed by atoms with van der Waals surface area (Å²) >= 11 is 9.05. The van der Waals surface area contributed by atoms with Gasteiger partial charge >= 0.3 is 0 Å². The summed E-state index contributed by atoms with van der Waals surface area (Å²) in [6.07, 6.45) is -0.213. The van der Waals surface area contributed by atoms with Gasteiger partial charge in [-0.25, -0.2) is 13.1 Å². The molecule has 0 aliphatic rings. The molecule has 17 heavy (non-hydrogen) atoms. The summed E-state index contributed by atoms with van der Waals surface area (Å²) in [6.45, 7) is 1.75. The van der Waals surface area contributed by atoms with Gasteiger partial charge in [-0.05, 0) is 24.6 Å². The van der Waals surface area contributed by atoms with Crippen LogP contribution in [-0.4, -0.2) is 26.2 Å². The van der Waals surface area contributed by atoms with E-state index in [1.807, 2.05) is 0 Å². The molecule has 0 radical (unpaired) electrons. The summed E-state index contributed by atoms with van der Waals surface area (Å²) in [5, 5.41) is 9.45. The zero-order valence-electron chi connectivity index (χ0n) is 9.15. The van der Waals surface area contributed by atoms with Crippen molar-refractivity contribution < 1.29 is 13.5 Å². The quantitative estimate of drug-likeness (QED) is 0.861. The summed E-state index contributed by atoms with van der Waals surface area (Å²) in [6, 6.07) is 4.51. The Morgan fingerprint density at radius 3 is 2.71 bits per heavy atom. The van der Waals surface area contributed by atoms with Gasteiger partial charge in [0.15, 0.2) is 0 Å². The number of hydrogen-bond donors (Lipinski definition) is 2. The monoisotopic (exact) mass is 341 g/mol. The third-order valence-corrected chi connectivity index (χ3v) is 4.56. The maximum Gasteiger partial charge on any atom is 0.242 e. The van der Waals surface area contributed by atoms with Crippen LogP contribution in [0.25, 0.3) is 0 Å². The highest BCUT2D eigenvalue weighted by Gasteiger charge is 2.18. The van der Waals surface area contributed by atoms with Crippen LogP contribution in [-0.2, 0) is 10.0 Å². The minimum Gasteiger partial charge on any atom is -0.392 e. The van der Waals surface area contributed by atoms with Crippen LogP contribution in [0.1, 0.15) is 13.3 Å². The third-order valence-electron chi connectivity index (χ3n) is 2.16. The first-order valence-electron chi connectivity index (χ1n) is 4.99. The van der Waals surface area contributed by atoms with Gasteiger partial charge in [0.1, 0.15) is 4.90 Å². The zero-order chi connectivity index (χ0) is 13.1. The summed E-state index contributed by atoms with van der Waals surface area (Å²) in [5.41, 5.74) is 0. The summed E-state index contributed by atoms with van der Waals surface area (Å²) < 4.78 is 26.7. The van der Waals surface area contributed by atoms with E-state index in [1.165, 1.54) is 12.1 Å². The van der Waals surface area contributed by atoms with Crippen LogP contribution in [0.2, 0.25) is 5.02 Å². The first-order valence-corrected chi connectivity index (χ1v) is 7.65. The molecule has 4 nitrogen and oxygen atoms in total.